The lowest BCUT2D eigenvalue weighted by molar-refractivity contribution is 0.0328. The molecule has 0 spiro atoms. The van der Waals surface area contributed by atoms with Crippen molar-refractivity contribution in [3.05, 3.63) is 69.7 Å². The van der Waals surface area contributed by atoms with Crippen molar-refractivity contribution in [3.63, 3.8) is 0 Å². The second-order valence-corrected chi connectivity index (χ2v) is 9.06. The molecule has 5 heteroatoms. The van der Waals surface area contributed by atoms with Crippen LogP contribution in [0.5, 0.6) is 0 Å². The van der Waals surface area contributed by atoms with Crippen molar-refractivity contribution in [1.82, 2.24) is 4.90 Å². The Bertz CT molecular complexity index is 784. The van der Waals surface area contributed by atoms with E-state index in [1.165, 1.54) is 5.56 Å². The Morgan fingerprint density at radius 1 is 1.04 bits per heavy atom. The number of benzene rings is 2. The zero-order chi connectivity index (χ0) is 19.0. The van der Waals surface area contributed by atoms with Gasteiger partial charge >= 0.3 is 0 Å². The number of hydrogen-bond donors (Lipinski definition) is 2. The Balaban J connectivity index is 1.34. The van der Waals surface area contributed by atoms with Gasteiger partial charge in [-0.2, -0.15) is 0 Å². The first kappa shape index (κ1) is 19.2. The van der Waals surface area contributed by atoms with E-state index in [4.69, 9.17) is 23.2 Å². The first-order chi connectivity index (χ1) is 12.9. The van der Waals surface area contributed by atoms with Crippen LogP contribution in [0.1, 0.15) is 30.1 Å². The van der Waals surface area contributed by atoms with E-state index < -0.39 is 11.7 Å². The van der Waals surface area contributed by atoms with Gasteiger partial charge in [0, 0.05) is 41.7 Å². The molecule has 1 saturated carbocycles. The van der Waals surface area contributed by atoms with Crippen molar-refractivity contribution in [2.75, 3.05) is 19.6 Å². The van der Waals surface area contributed by atoms with Gasteiger partial charge in [-0.05, 0) is 42.4 Å². The van der Waals surface area contributed by atoms with Gasteiger partial charge in [0.15, 0.2) is 0 Å². The highest BCUT2D eigenvalue weighted by Crippen LogP contribution is 2.45. The molecule has 1 aliphatic heterocycles. The minimum absolute atomic E-state index is 0.492. The lowest BCUT2D eigenvalue weighted by atomic mass is 9.91. The summed E-state index contributed by atoms with van der Waals surface area (Å²) in [6.45, 7) is 2.40. The number of aliphatic hydroxyl groups excluding tert-OH is 1. The molecule has 0 amide bonds. The zero-order valence-electron chi connectivity index (χ0n) is 15.2. The van der Waals surface area contributed by atoms with E-state index in [-0.39, 0.29) is 0 Å². The fraction of sp³-hybridized carbons (Fsp3) is 0.455. The molecule has 1 heterocycles. The predicted octanol–water partition coefficient (Wildman–Crippen LogP) is 4.34. The molecule has 2 aliphatic rings. The minimum Gasteiger partial charge on any atom is -0.390 e. The summed E-state index contributed by atoms with van der Waals surface area (Å²) >= 11 is 12.2. The quantitative estimate of drug-likeness (QED) is 0.777. The van der Waals surface area contributed by atoms with Crippen LogP contribution in [0.15, 0.2) is 48.5 Å². The Morgan fingerprint density at radius 3 is 2.33 bits per heavy atom. The summed E-state index contributed by atoms with van der Waals surface area (Å²) in [6.07, 6.45) is 1.77. The molecule has 3 unspecified atom stereocenters. The molecule has 4 rings (SSSR count). The maximum atomic E-state index is 11.1. The third-order valence-electron chi connectivity index (χ3n) is 6.07. The van der Waals surface area contributed by atoms with E-state index in [1.807, 2.05) is 18.2 Å². The second kappa shape index (κ2) is 7.73. The van der Waals surface area contributed by atoms with Gasteiger partial charge in [-0.3, -0.25) is 4.90 Å². The van der Waals surface area contributed by atoms with E-state index in [0.717, 1.165) is 37.9 Å². The highest BCUT2D eigenvalue weighted by molar-refractivity contribution is 6.35. The van der Waals surface area contributed by atoms with Gasteiger partial charge in [0.2, 0.25) is 0 Å². The molecule has 2 N–H and O–H groups in total. The van der Waals surface area contributed by atoms with E-state index in [9.17, 15) is 10.2 Å². The number of likely N-dealkylation sites (tertiary alicyclic amines) is 1. The van der Waals surface area contributed by atoms with Crippen LogP contribution in [0.4, 0.5) is 0 Å². The molecule has 3 nitrogen and oxygen atoms in total. The van der Waals surface area contributed by atoms with Crippen molar-refractivity contribution in [1.29, 1.82) is 0 Å². The molecule has 1 saturated heterocycles. The molecular formula is C22H25Cl2NO2. The molecule has 4 atom stereocenters. The fourth-order valence-corrected chi connectivity index (χ4v) is 5.48. The highest BCUT2D eigenvalue weighted by atomic mass is 35.5. The number of hydrogen-bond acceptors (Lipinski definition) is 3. The number of halogens is 2. The van der Waals surface area contributed by atoms with Crippen molar-refractivity contribution in [2.24, 2.45) is 11.8 Å². The van der Waals surface area contributed by atoms with Crippen LogP contribution in [0, 0.1) is 11.8 Å². The van der Waals surface area contributed by atoms with Crippen molar-refractivity contribution in [3.8, 4) is 0 Å². The fourth-order valence-electron chi connectivity index (χ4n) is 4.94. The van der Waals surface area contributed by atoms with Crippen LogP contribution in [-0.4, -0.2) is 40.3 Å². The molecule has 2 aromatic rings. The molecule has 0 aromatic heterocycles. The van der Waals surface area contributed by atoms with Gasteiger partial charge in [-0.1, -0.05) is 59.6 Å². The van der Waals surface area contributed by atoms with Crippen LogP contribution in [0.2, 0.25) is 10.0 Å². The molecule has 27 heavy (non-hydrogen) atoms. The van der Waals surface area contributed by atoms with E-state index in [2.05, 4.69) is 17.0 Å². The van der Waals surface area contributed by atoms with Crippen molar-refractivity contribution >= 4 is 23.2 Å². The van der Waals surface area contributed by atoms with Crippen LogP contribution in [0.25, 0.3) is 0 Å². The lowest BCUT2D eigenvalue weighted by Crippen LogP contribution is -2.33. The first-order valence-corrected chi connectivity index (χ1v) is 10.3. The number of aliphatic hydroxyl groups is 2. The molecular weight excluding hydrogens is 381 g/mol. The summed E-state index contributed by atoms with van der Waals surface area (Å²) < 4.78 is 0. The summed E-state index contributed by atoms with van der Waals surface area (Å²) in [5.74, 6) is 0.984. The SMILES string of the molecule is OC(CN1CC2CC(O)(Cc3ccccc3)C[C@@H]2C1)c1ccc(Cl)cc1Cl. The van der Waals surface area contributed by atoms with Gasteiger partial charge < -0.3 is 10.2 Å². The molecule has 144 valence electrons. The van der Waals surface area contributed by atoms with Gasteiger partial charge in [0.05, 0.1) is 11.7 Å². The number of β-amino-alcohol motifs (C(OH)–C–C–N with tert-alkyl or cyclic N) is 1. The van der Waals surface area contributed by atoms with E-state index >= 15 is 0 Å². The van der Waals surface area contributed by atoms with Gasteiger partial charge in [-0.15, -0.1) is 0 Å². The third kappa shape index (κ3) is 4.33. The normalized spacial score (nSPS) is 29.0. The maximum absolute atomic E-state index is 11.1. The summed E-state index contributed by atoms with van der Waals surface area (Å²) in [4.78, 5) is 2.30. The summed E-state index contributed by atoms with van der Waals surface area (Å²) in [5, 5.41) is 22.7. The Hall–Kier alpha value is -1.10. The number of nitrogens with zero attached hydrogens (tertiary/aromatic N) is 1. The standard InChI is InChI=1S/C22H25Cl2NO2/c23-18-6-7-19(20(24)8-18)21(26)14-25-12-16-10-22(27,11-17(16)13-25)9-15-4-2-1-3-5-15/h1-8,16-17,21,26-27H,9-14H2/t16-,17?,21?,22?/m1/s1. The molecule has 2 fully saturated rings. The highest BCUT2D eigenvalue weighted by Gasteiger charge is 2.48. The monoisotopic (exact) mass is 405 g/mol. The average Bonchev–Trinajstić information content (AvgIpc) is 3.09. The first-order valence-electron chi connectivity index (χ1n) is 9.53. The van der Waals surface area contributed by atoms with Gasteiger partial charge in [0.1, 0.15) is 0 Å². The van der Waals surface area contributed by atoms with Gasteiger partial charge in [-0.25, -0.2) is 0 Å². The Morgan fingerprint density at radius 2 is 1.70 bits per heavy atom. The summed E-state index contributed by atoms with van der Waals surface area (Å²) in [6, 6.07) is 15.5. The summed E-state index contributed by atoms with van der Waals surface area (Å²) in [5.41, 5.74) is 1.32. The van der Waals surface area contributed by atoms with Crippen molar-refractivity contribution < 1.29 is 10.2 Å². The largest absolute Gasteiger partial charge is 0.390 e. The van der Waals surface area contributed by atoms with Crippen LogP contribution in [0.3, 0.4) is 0 Å². The Labute approximate surface area is 170 Å². The van der Waals surface area contributed by atoms with E-state index in [1.54, 1.807) is 18.2 Å². The third-order valence-corrected chi connectivity index (χ3v) is 6.63. The molecule has 2 aromatic carbocycles. The minimum atomic E-state index is -0.628. The zero-order valence-corrected chi connectivity index (χ0v) is 16.7. The molecule has 1 aliphatic carbocycles. The Kier molecular flexibility index (Phi) is 5.50. The summed E-state index contributed by atoms with van der Waals surface area (Å²) in [7, 11) is 0. The smallest absolute Gasteiger partial charge is 0.0931 e. The van der Waals surface area contributed by atoms with Crippen LogP contribution in [-0.2, 0) is 6.42 Å². The predicted molar refractivity (Wildman–Crippen MR) is 109 cm³/mol. The van der Waals surface area contributed by atoms with E-state index in [0.29, 0.717) is 28.4 Å². The molecule has 0 radical (unpaired) electrons. The lowest BCUT2D eigenvalue weighted by Gasteiger charge is -2.27. The van der Waals surface area contributed by atoms with Gasteiger partial charge in [0.25, 0.3) is 0 Å². The topological polar surface area (TPSA) is 43.7 Å². The number of fused-ring (bicyclic) bond motifs is 1. The average molecular weight is 406 g/mol. The second-order valence-electron chi connectivity index (χ2n) is 8.22. The maximum Gasteiger partial charge on any atom is 0.0931 e. The van der Waals surface area contributed by atoms with Crippen LogP contribution >= 0.6 is 23.2 Å². The van der Waals surface area contributed by atoms with Crippen LogP contribution < -0.4 is 0 Å². The number of rotatable bonds is 5. The van der Waals surface area contributed by atoms with Crippen molar-refractivity contribution in [2.45, 2.75) is 31.0 Å². The molecule has 0 bridgehead atoms.